The molecule has 4 N–H and O–H groups in total. The van der Waals surface area contributed by atoms with E-state index in [0.717, 1.165) is 0 Å². The molecule has 19 heavy (non-hydrogen) atoms. The second-order valence-electron chi connectivity index (χ2n) is 3.49. The molecule has 0 radical (unpaired) electrons. The largest absolute Gasteiger partial charge is 0.465 e. The van der Waals surface area contributed by atoms with Gasteiger partial charge in [0.1, 0.15) is 12.1 Å². The molecule has 2 atom stereocenters. The summed E-state index contributed by atoms with van der Waals surface area (Å²) in [7, 11) is -0.647. The van der Waals surface area contributed by atoms with Crippen LogP contribution in [0.25, 0.3) is 0 Å². The minimum atomic E-state index is -0.764. The first-order valence-corrected chi connectivity index (χ1v) is 8.10. The normalized spacial score (nSPS) is 13.3. The number of nitrogens with two attached hydrogens (primary N) is 2. The van der Waals surface area contributed by atoms with Gasteiger partial charge in [-0.1, -0.05) is 18.6 Å². The van der Waals surface area contributed by atoms with E-state index in [2.05, 4.69) is 0 Å². The number of hydrogen-bond acceptors (Lipinski definition) is 7. The Balaban J connectivity index is 0. The summed E-state index contributed by atoms with van der Waals surface area (Å²) in [6.45, 7) is 3.96. The summed E-state index contributed by atoms with van der Waals surface area (Å²) < 4.78 is 9.53. The smallest absolute Gasteiger partial charge is 0.323 e. The summed E-state index contributed by atoms with van der Waals surface area (Å²) >= 11 is 5.15. The highest BCUT2D eigenvalue weighted by atomic mass is 32.8. The van der Waals surface area contributed by atoms with Crippen molar-refractivity contribution in [1.29, 1.82) is 0 Å². The number of carbonyl (C=O) groups excluding carboxylic acids is 2. The lowest BCUT2D eigenvalue weighted by Gasteiger charge is -2.15. The molecule has 0 amide bonds. The Morgan fingerprint density at radius 1 is 1.05 bits per heavy atom. The van der Waals surface area contributed by atoms with Crippen molar-refractivity contribution < 1.29 is 19.1 Å². The summed E-state index contributed by atoms with van der Waals surface area (Å²) in [6.07, 6.45) is 0. The summed E-state index contributed by atoms with van der Waals surface area (Å²) in [4.78, 5) is 22.6. The van der Waals surface area contributed by atoms with E-state index in [1.165, 1.54) is 0 Å². The van der Waals surface area contributed by atoms with Crippen molar-refractivity contribution in [3.63, 3.8) is 0 Å². The summed E-state index contributed by atoms with van der Waals surface area (Å²) in [5.74, 6) is -0.406. The molecule has 0 aromatic carbocycles. The maximum Gasteiger partial charge on any atom is 0.323 e. The fraction of sp³-hybridized carbons (Fsp3) is 0.818. The van der Waals surface area contributed by atoms with E-state index in [1.54, 1.807) is 13.8 Å². The molecule has 8 heteroatoms. The molecule has 0 bridgehead atoms. The number of hydrogen-bond donors (Lipinski definition) is 2. The molecule has 0 aliphatic carbocycles. The van der Waals surface area contributed by atoms with Gasteiger partial charge in [-0.25, -0.2) is 0 Å². The minimum absolute atomic E-state index is 0. The lowest BCUT2D eigenvalue weighted by molar-refractivity contribution is -0.144. The molecule has 0 fully saturated rings. The van der Waals surface area contributed by atoms with E-state index in [-0.39, 0.29) is 32.1 Å². The Labute approximate surface area is 121 Å². The third kappa shape index (κ3) is 9.04. The summed E-state index contributed by atoms with van der Waals surface area (Å²) in [5, 5.41) is 0. The lowest BCUT2D eigenvalue weighted by atomic mass is 10.4. The van der Waals surface area contributed by atoms with Gasteiger partial charge in [0.15, 0.2) is 0 Å². The highest BCUT2D eigenvalue weighted by Gasteiger charge is 2.20. The van der Waals surface area contributed by atoms with E-state index < -0.39 is 33.5 Å². The van der Waals surface area contributed by atoms with E-state index in [4.69, 9.17) is 32.1 Å². The average molecular weight is 312 g/mol. The van der Waals surface area contributed by atoms with Crippen LogP contribution in [-0.4, -0.2) is 48.7 Å². The fourth-order valence-electron chi connectivity index (χ4n) is 1.10. The lowest BCUT2D eigenvalue weighted by Crippen LogP contribution is -2.42. The van der Waals surface area contributed by atoms with E-state index in [9.17, 15) is 9.59 Å². The van der Waals surface area contributed by atoms with Gasteiger partial charge in [-0.3, -0.25) is 9.59 Å². The van der Waals surface area contributed by atoms with Gasteiger partial charge < -0.3 is 20.9 Å². The zero-order valence-electron chi connectivity index (χ0n) is 10.6. The predicted molar refractivity (Wildman–Crippen MR) is 80.4 cm³/mol. The minimum Gasteiger partial charge on any atom is -0.465 e. The van der Waals surface area contributed by atoms with Crippen LogP contribution in [0.1, 0.15) is 21.3 Å². The average Bonchev–Trinajstić information content (AvgIpc) is 2.29. The zero-order chi connectivity index (χ0) is 14.1. The van der Waals surface area contributed by atoms with Crippen LogP contribution in [0.5, 0.6) is 0 Å². The van der Waals surface area contributed by atoms with Crippen LogP contribution < -0.4 is 11.5 Å². The topological polar surface area (TPSA) is 105 Å². The van der Waals surface area contributed by atoms with Gasteiger partial charge in [-0.15, -0.1) is 9.45 Å². The van der Waals surface area contributed by atoms with Gasteiger partial charge in [-0.05, 0) is 13.8 Å². The maximum absolute atomic E-state index is 11.3. The molecule has 0 aliphatic rings. The number of rotatable bonds is 8. The van der Waals surface area contributed by atoms with Gasteiger partial charge in [0.05, 0.1) is 13.2 Å². The Hall–Kier alpha value is -0.570. The van der Waals surface area contributed by atoms with Crippen LogP contribution in [0.4, 0.5) is 0 Å². The first kappa shape index (κ1) is 20.7. The third-order valence-electron chi connectivity index (χ3n) is 1.91. The Bertz CT molecular complexity index is 285. The summed E-state index contributed by atoms with van der Waals surface area (Å²) in [6, 6.07) is -1.53. The van der Waals surface area contributed by atoms with E-state index in [1.807, 2.05) is 0 Å². The molecule has 0 heterocycles. The highest BCUT2D eigenvalue weighted by Crippen LogP contribution is 1.96. The van der Waals surface area contributed by atoms with Gasteiger partial charge >= 0.3 is 11.9 Å². The molecular weight excluding hydrogens is 288 g/mol. The second-order valence-corrected chi connectivity index (χ2v) is 6.45. The maximum atomic E-state index is 11.3. The monoisotopic (exact) mass is 312 g/mol. The molecule has 0 unspecified atom stereocenters. The highest BCUT2D eigenvalue weighted by molar-refractivity contribution is 8.28. The van der Waals surface area contributed by atoms with Crippen molar-refractivity contribution in [1.82, 2.24) is 0 Å². The van der Waals surface area contributed by atoms with Crippen molar-refractivity contribution >= 4 is 32.6 Å². The number of ether oxygens (including phenoxy) is 2. The van der Waals surface area contributed by atoms with Crippen LogP contribution in [-0.2, 0) is 39.7 Å². The van der Waals surface area contributed by atoms with Gasteiger partial charge in [-0.2, -0.15) is 0 Å². The van der Waals surface area contributed by atoms with Gasteiger partial charge in [0, 0.05) is 11.5 Å². The third-order valence-corrected chi connectivity index (χ3v) is 4.19. The molecule has 0 aliphatic heterocycles. The van der Waals surface area contributed by atoms with Crippen molar-refractivity contribution in [2.75, 3.05) is 24.7 Å². The number of esters is 2. The SMILES string of the molecule is C.CCOC(=O)[C@@H](N)CS(=S)C[C@H](N)C(=O)OCC. The molecule has 0 spiro atoms. The Kier molecular flexibility index (Phi) is 12.3. The first-order valence-electron chi connectivity index (χ1n) is 5.61. The van der Waals surface area contributed by atoms with Crippen molar-refractivity contribution in [3.05, 3.63) is 0 Å². The fourth-order valence-corrected chi connectivity index (χ4v) is 3.19. The van der Waals surface area contributed by atoms with Crippen LogP contribution in [0.3, 0.4) is 0 Å². The molecular formula is C11H24N2O4S2. The molecule has 0 aromatic rings. The first-order chi connectivity index (χ1) is 8.42. The van der Waals surface area contributed by atoms with Crippen LogP contribution in [0.2, 0.25) is 0 Å². The van der Waals surface area contributed by atoms with Crippen molar-refractivity contribution in [2.45, 2.75) is 33.4 Å². The Morgan fingerprint density at radius 3 is 1.63 bits per heavy atom. The van der Waals surface area contributed by atoms with E-state index in [0.29, 0.717) is 0 Å². The Morgan fingerprint density at radius 2 is 1.37 bits per heavy atom. The second kappa shape index (κ2) is 11.3. The number of carbonyl (C=O) groups is 2. The molecule has 0 rings (SSSR count). The predicted octanol–water partition coefficient (Wildman–Crippen LogP) is -0.516. The molecule has 114 valence electrons. The van der Waals surface area contributed by atoms with E-state index >= 15 is 0 Å². The van der Waals surface area contributed by atoms with Crippen molar-refractivity contribution in [3.8, 4) is 0 Å². The molecule has 0 saturated heterocycles. The van der Waals surface area contributed by atoms with Crippen LogP contribution in [0.15, 0.2) is 0 Å². The zero-order valence-corrected chi connectivity index (χ0v) is 12.2. The van der Waals surface area contributed by atoms with Crippen LogP contribution >= 0.6 is 0 Å². The quantitative estimate of drug-likeness (QED) is 0.581. The molecule has 0 aromatic heterocycles. The summed E-state index contributed by atoms with van der Waals surface area (Å²) in [5.41, 5.74) is 11.2. The van der Waals surface area contributed by atoms with Crippen LogP contribution in [0, 0.1) is 0 Å². The molecule has 6 nitrogen and oxygen atoms in total. The van der Waals surface area contributed by atoms with Gasteiger partial charge in [0.2, 0.25) is 0 Å². The van der Waals surface area contributed by atoms with Gasteiger partial charge in [0.25, 0.3) is 0 Å². The standard InChI is InChI=1S/C10H20N2O4S2.CH4/c1-3-15-9(13)7(11)5-18(17)6-8(12)10(14)16-4-2;/h7-8H,3-6,11-12H2,1-2H3;1H4/t7-,8-;/m0./s1. The van der Waals surface area contributed by atoms with Crippen molar-refractivity contribution in [2.24, 2.45) is 11.5 Å². The molecule has 0 saturated carbocycles.